The van der Waals surface area contributed by atoms with Gasteiger partial charge in [0.2, 0.25) is 21.8 Å². The summed E-state index contributed by atoms with van der Waals surface area (Å²) < 4.78 is 26.7. The van der Waals surface area contributed by atoms with Crippen LogP contribution in [0.4, 0.5) is 5.82 Å². The Bertz CT molecular complexity index is 747. The minimum absolute atomic E-state index is 0.0489. The van der Waals surface area contributed by atoms with Crippen molar-refractivity contribution >= 4 is 27.7 Å². The Hall–Kier alpha value is -2.07. The fourth-order valence-corrected chi connectivity index (χ4v) is 3.34. The number of aromatic nitrogens is 2. The lowest BCUT2D eigenvalue weighted by Gasteiger charge is -2.24. The fraction of sp³-hybridized carbons (Fsp3) is 0.600. The maximum Gasteiger partial charge on any atom is 0.229 e. The van der Waals surface area contributed by atoms with E-state index >= 15 is 0 Å². The van der Waals surface area contributed by atoms with Gasteiger partial charge in [-0.1, -0.05) is 0 Å². The van der Waals surface area contributed by atoms with Crippen LogP contribution in [0.5, 0.6) is 0 Å². The van der Waals surface area contributed by atoms with Gasteiger partial charge in [-0.3, -0.25) is 14.5 Å². The van der Waals surface area contributed by atoms with E-state index < -0.39 is 10.0 Å². The quantitative estimate of drug-likeness (QED) is 0.663. The normalized spacial score (nSPS) is 15.6. The van der Waals surface area contributed by atoms with Crippen LogP contribution in [0.1, 0.15) is 30.8 Å². The lowest BCUT2D eigenvalue weighted by atomic mass is 10.1. The Morgan fingerprint density at radius 2 is 1.84 bits per heavy atom. The van der Waals surface area contributed by atoms with E-state index in [0.29, 0.717) is 18.1 Å². The lowest BCUT2D eigenvalue weighted by Crippen LogP contribution is -2.44. The molecule has 0 aliphatic carbocycles. The van der Waals surface area contributed by atoms with Crippen LogP contribution in [0.3, 0.4) is 0 Å². The molecule has 1 N–H and O–H groups in total. The predicted molar refractivity (Wildman–Crippen MR) is 92.3 cm³/mol. The van der Waals surface area contributed by atoms with Crippen LogP contribution >= 0.6 is 0 Å². The maximum absolute atomic E-state index is 12.1. The maximum atomic E-state index is 12.1. The van der Waals surface area contributed by atoms with Gasteiger partial charge in [-0.2, -0.15) is 0 Å². The third-order valence-corrected chi connectivity index (χ3v) is 5.07. The number of likely N-dealkylation sites (tertiary alicyclic amines) is 1. The molecule has 2 heterocycles. The number of hydrogen-bond donors (Lipinski definition) is 1. The summed E-state index contributed by atoms with van der Waals surface area (Å²) in [4.78, 5) is 34.7. The van der Waals surface area contributed by atoms with Crippen molar-refractivity contribution in [2.45, 2.75) is 32.7 Å². The third kappa shape index (κ3) is 5.46. The molecule has 0 bridgehead atoms. The molecule has 10 heteroatoms. The molecule has 1 fully saturated rings. The average molecular weight is 369 g/mol. The standard InChI is InChI=1S/C15H23N5O4S/c1-11-9-13(19(2)3)18-12(17-11)10-16-25(23,24)8-7-20-14(21)5-4-6-15(20)22/h9,16H,4-8,10H2,1-3H3. The second-order valence-electron chi connectivity index (χ2n) is 6.11. The van der Waals surface area contributed by atoms with Gasteiger partial charge in [-0.25, -0.2) is 23.1 Å². The fourth-order valence-electron chi connectivity index (χ4n) is 2.43. The monoisotopic (exact) mass is 369 g/mol. The number of piperidine rings is 1. The van der Waals surface area contributed by atoms with Crippen molar-refractivity contribution in [2.24, 2.45) is 0 Å². The molecule has 0 spiro atoms. The van der Waals surface area contributed by atoms with Crippen LogP contribution in [-0.4, -0.2) is 61.5 Å². The van der Waals surface area contributed by atoms with Crippen molar-refractivity contribution < 1.29 is 18.0 Å². The van der Waals surface area contributed by atoms with Crippen LogP contribution in [0.15, 0.2) is 6.07 Å². The van der Waals surface area contributed by atoms with Crippen molar-refractivity contribution in [1.82, 2.24) is 19.6 Å². The van der Waals surface area contributed by atoms with Crippen LogP contribution in [-0.2, 0) is 26.2 Å². The number of sulfonamides is 1. The minimum Gasteiger partial charge on any atom is -0.363 e. The van der Waals surface area contributed by atoms with Crippen molar-refractivity contribution in [2.75, 3.05) is 31.3 Å². The topological polar surface area (TPSA) is 113 Å². The molecule has 0 aromatic carbocycles. The number of anilines is 1. The summed E-state index contributed by atoms with van der Waals surface area (Å²) >= 11 is 0. The first kappa shape index (κ1) is 19.3. The van der Waals surface area contributed by atoms with Gasteiger partial charge in [0.1, 0.15) is 11.6 Å². The van der Waals surface area contributed by atoms with E-state index in [1.165, 1.54) is 0 Å². The van der Waals surface area contributed by atoms with E-state index in [4.69, 9.17) is 0 Å². The molecule has 1 aliphatic rings. The summed E-state index contributed by atoms with van der Waals surface area (Å²) in [5.41, 5.74) is 0.734. The van der Waals surface area contributed by atoms with Gasteiger partial charge in [0.25, 0.3) is 0 Å². The summed E-state index contributed by atoms with van der Waals surface area (Å²) in [6.07, 6.45) is 1.09. The second-order valence-corrected chi connectivity index (χ2v) is 8.04. The molecule has 1 saturated heterocycles. The molecule has 0 unspecified atom stereocenters. The van der Waals surface area contributed by atoms with Crippen LogP contribution in [0.2, 0.25) is 0 Å². The van der Waals surface area contributed by atoms with Gasteiger partial charge in [-0.15, -0.1) is 0 Å². The largest absolute Gasteiger partial charge is 0.363 e. The van der Waals surface area contributed by atoms with Gasteiger partial charge >= 0.3 is 0 Å². The predicted octanol–water partition coefficient (Wildman–Crippen LogP) is -0.190. The van der Waals surface area contributed by atoms with Crippen molar-refractivity contribution in [1.29, 1.82) is 0 Å². The van der Waals surface area contributed by atoms with Gasteiger partial charge in [0, 0.05) is 45.2 Å². The number of carbonyl (C=O) groups is 2. The highest BCUT2D eigenvalue weighted by molar-refractivity contribution is 7.89. The first-order chi connectivity index (χ1) is 11.7. The van der Waals surface area contributed by atoms with E-state index in [0.717, 1.165) is 10.6 Å². The highest BCUT2D eigenvalue weighted by atomic mass is 32.2. The summed E-state index contributed by atoms with van der Waals surface area (Å²) in [6, 6.07) is 1.80. The zero-order chi connectivity index (χ0) is 18.6. The molecule has 2 amide bonds. The molecule has 0 radical (unpaired) electrons. The summed E-state index contributed by atoms with van der Waals surface area (Å²) in [5.74, 6) is 0.0772. The number of imide groups is 1. The van der Waals surface area contributed by atoms with Crippen molar-refractivity contribution in [3.63, 3.8) is 0 Å². The molecule has 138 valence electrons. The molecular weight excluding hydrogens is 346 g/mol. The molecular formula is C15H23N5O4S. The number of amides is 2. The van der Waals surface area contributed by atoms with E-state index in [2.05, 4.69) is 14.7 Å². The SMILES string of the molecule is Cc1cc(N(C)C)nc(CNS(=O)(=O)CCN2C(=O)CCCC2=O)n1. The number of hydrogen-bond acceptors (Lipinski definition) is 7. The summed E-state index contributed by atoms with van der Waals surface area (Å²) in [7, 11) is 0.00969. The number of carbonyl (C=O) groups excluding carboxylic acids is 2. The lowest BCUT2D eigenvalue weighted by molar-refractivity contribution is -0.147. The minimum atomic E-state index is -3.66. The van der Waals surface area contributed by atoms with E-state index in [1.54, 1.807) is 17.9 Å². The first-order valence-electron chi connectivity index (χ1n) is 8.00. The highest BCUT2D eigenvalue weighted by Crippen LogP contribution is 2.12. The van der Waals surface area contributed by atoms with Gasteiger partial charge < -0.3 is 4.90 Å². The highest BCUT2D eigenvalue weighted by Gasteiger charge is 2.27. The van der Waals surface area contributed by atoms with Gasteiger partial charge in [0.05, 0.1) is 12.3 Å². The Labute approximate surface area is 147 Å². The number of aryl methyl sites for hydroxylation is 1. The van der Waals surface area contributed by atoms with E-state index in [1.807, 2.05) is 14.1 Å². The average Bonchev–Trinajstić information content (AvgIpc) is 2.52. The Kier molecular flexibility index (Phi) is 6.07. The smallest absolute Gasteiger partial charge is 0.229 e. The zero-order valence-corrected chi connectivity index (χ0v) is 15.5. The molecule has 1 aliphatic heterocycles. The van der Waals surface area contributed by atoms with E-state index in [-0.39, 0.29) is 43.5 Å². The van der Waals surface area contributed by atoms with E-state index in [9.17, 15) is 18.0 Å². The molecule has 1 aromatic rings. The number of nitrogens with one attached hydrogen (secondary N) is 1. The van der Waals surface area contributed by atoms with Crippen molar-refractivity contribution in [3.8, 4) is 0 Å². The number of rotatable bonds is 7. The number of nitrogens with zero attached hydrogens (tertiary/aromatic N) is 4. The molecule has 9 nitrogen and oxygen atoms in total. The molecule has 2 rings (SSSR count). The summed E-state index contributed by atoms with van der Waals surface area (Å²) in [6.45, 7) is 1.62. The first-order valence-corrected chi connectivity index (χ1v) is 9.65. The van der Waals surface area contributed by atoms with Gasteiger partial charge in [-0.05, 0) is 13.3 Å². The Morgan fingerprint density at radius 3 is 2.44 bits per heavy atom. The van der Waals surface area contributed by atoms with Gasteiger partial charge in [0.15, 0.2) is 0 Å². The van der Waals surface area contributed by atoms with Crippen LogP contribution in [0, 0.1) is 6.92 Å². The molecule has 1 aromatic heterocycles. The second kappa shape index (κ2) is 7.87. The van der Waals surface area contributed by atoms with Crippen LogP contribution in [0.25, 0.3) is 0 Å². The Balaban J connectivity index is 1.95. The van der Waals surface area contributed by atoms with Crippen LogP contribution < -0.4 is 9.62 Å². The molecule has 0 atom stereocenters. The summed E-state index contributed by atoms with van der Waals surface area (Å²) in [5, 5.41) is 0. The molecule has 0 saturated carbocycles. The molecule has 25 heavy (non-hydrogen) atoms. The van der Waals surface area contributed by atoms with Crippen molar-refractivity contribution in [3.05, 3.63) is 17.6 Å². The Morgan fingerprint density at radius 1 is 1.20 bits per heavy atom. The third-order valence-electron chi connectivity index (χ3n) is 3.76. The zero-order valence-electron chi connectivity index (χ0n) is 14.7.